The van der Waals surface area contributed by atoms with Crippen molar-refractivity contribution in [1.82, 2.24) is 4.98 Å². The fraction of sp³-hybridized carbons (Fsp3) is 0.647. The maximum absolute atomic E-state index is 9.36. The van der Waals surface area contributed by atoms with Crippen LogP contribution < -0.4 is 4.90 Å². The van der Waals surface area contributed by atoms with Crippen LogP contribution in [0.3, 0.4) is 0 Å². The summed E-state index contributed by atoms with van der Waals surface area (Å²) in [4.78, 5) is 7.07. The van der Waals surface area contributed by atoms with Gasteiger partial charge in [-0.2, -0.15) is 5.26 Å². The second-order valence-electron chi connectivity index (χ2n) is 6.25. The minimum Gasteiger partial charge on any atom is -0.353 e. The van der Waals surface area contributed by atoms with E-state index in [1.807, 2.05) is 19.1 Å². The van der Waals surface area contributed by atoms with Gasteiger partial charge in [-0.1, -0.05) is 26.7 Å². The number of rotatable bonds is 5. The Morgan fingerprint density at radius 3 is 2.65 bits per heavy atom. The van der Waals surface area contributed by atoms with Crippen LogP contribution in [-0.2, 0) is 0 Å². The molecule has 0 spiro atoms. The largest absolute Gasteiger partial charge is 0.353 e. The van der Waals surface area contributed by atoms with Gasteiger partial charge in [-0.25, -0.2) is 4.98 Å². The van der Waals surface area contributed by atoms with Crippen LogP contribution >= 0.6 is 0 Å². The molecule has 0 aliphatic heterocycles. The van der Waals surface area contributed by atoms with Gasteiger partial charge in [0.05, 0.1) is 5.56 Å². The highest BCUT2D eigenvalue weighted by Gasteiger charge is 2.25. The molecule has 0 atom stereocenters. The van der Waals surface area contributed by atoms with E-state index >= 15 is 0 Å². The molecular formula is C17H25N3. The quantitative estimate of drug-likeness (QED) is 0.811. The summed E-state index contributed by atoms with van der Waals surface area (Å²) in [5.74, 6) is 1.58. The minimum absolute atomic E-state index is 0.565. The molecule has 1 aromatic rings. The topological polar surface area (TPSA) is 39.9 Å². The van der Waals surface area contributed by atoms with Crippen molar-refractivity contribution in [1.29, 1.82) is 5.26 Å². The summed E-state index contributed by atoms with van der Waals surface area (Å²) in [5, 5.41) is 9.36. The van der Waals surface area contributed by atoms with E-state index in [1.165, 1.54) is 25.7 Å². The smallest absolute Gasteiger partial charge is 0.147 e. The Bertz CT molecular complexity index is 481. The van der Waals surface area contributed by atoms with Crippen LogP contribution in [-0.4, -0.2) is 17.6 Å². The summed E-state index contributed by atoms with van der Waals surface area (Å²) in [7, 11) is 0. The first-order chi connectivity index (χ1) is 9.61. The third-order valence-corrected chi connectivity index (χ3v) is 4.12. The van der Waals surface area contributed by atoms with Crippen LogP contribution in [0.2, 0.25) is 0 Å². The highest BCUT2D eigenvalue weighted by Crippen LogP contribution is 2.29. The summed E-state index contributed by atoms with van der Waals surface area (Å²) in [6.45, 7) is 7.51. The highest BCUT2D eigenvalue weighted by atomic mass is 15.2. The van der Waals surface area contributed by atoms with E-state index in [2.05, 4.69) is 29.8 Å². The molecule has 0 unspecified atom stereocenters. The molecule has 1 aromatic heterocycles. The molecule has 0 aromatic carbocycles. The molecule has 0 amide bonds. The van der Waals surface area contributed by atoms with Crippen molar-refractivity contribution in [3.63, 3.8) is 0 Å². The molecular weight excluding hydrogens is 246 g/mol. The van der Waals surface area contributed by atoms with Crippen LogP contribution in [0.1, 0.15) is 57.2 Å². The predicted octanol–water partition coefficient (Wildman–Crippen LogP) is 4.06. The fourth-order valence-electron chi connectivity index (χ4n) is 2.92. The number of nitrogens with zero attached hydrogens (tertiary/aromatic N) is 3. The Hall–Kier alpha value is -1.56. The van der Waals surface area contributed by atoms with Crippen molar-refractivity contribution in [3.8, 4) is 6.07 Å². The Morgan fingerprint density at radius 2 is 2.05 bits per heavy atom. The zero-order valence-electron chi connectivity index (χ0n) is 12.9. The molecule has 1 fully saturated rings. The lowest BCUT2D eigenvalue weighted by Crippen LogP contribution is -2.36. The van der Waals surface area contributed by atoms with Crippen molar-refractivity contribution in [3.05, 3.63) is 23.4 Å². The van der Waals surface area contributed by atoms with Gasteiger partial charge >= 0.3 is 0 Å². The van der Waals surface area contributed by atoms with Crippen LogP contribution in [0.15, 0.2) is 12.1 Å². The molecule has 20 heavy (non-hydrogen) atoms. The Morgan fingerprint density at radius 1 is 1.35 bits per heavy atom. The van der Waals surface area contributed by atoms with E-state index in [0.717, 1.165) is 24.5 Å². The first kappa shape index (κ1) is 14.8. The van der Waals surface area contributed by atoms with E-state index in [1.54, 1.807) is 0 Å². The SMILES string of the molecule is Cc1ccc(C#N)c(N(CCC(C)C)C2CCCC2)n1. The second kappa shape index (κ2) is 6.74. The highest BCUT2D eigenvalue weighted by molar-refractivity contribution is 5.55. The molecule has 0 bridgehead atoms. The van der Waals surface area contributed by atoms with E-state index in [9.17, 15) is 5.26 Å². The Labute approximate surface area is 122 Å². The normalized spacial score (nSPS) is 15.6. The average molecular weight is 271 g/mol. The van der Waals surface area contributed by atoms with Crippen LogP contribution in [0.25, 0.3) is 0 Å². The molecule has 3 heteroatoms. The van der Waals surface area contributed by atoms with Crippen LogP contribution in [0.4, 0.5) is 5.82 Å². The van der Waals surface area contributed by atoms with E-state index in [-0.39, 0.29) is 0 Å². The average Bonchev–Trinajstić information content (AvgIpc) is 2.93. The molecule has 0 saturated heterocycles. The maximum Gasteiger partial charge on any atom is 0.147 e. The second-order valence-corrected chi connectivity index (χ2v) is 6.25. The number of nitriles is 1. The third kappa shape index (κ3) is 3.50. The zero-order valence-corrected chi connectivity index (χ0v) is 12.9. The fourth-order valence-corrected chi connectivity index (χ4v) is 2.92. The number of aryl methyl sites for hydroxylation is 1. The molecule has 1 saturated carbocycles. The molecule has 2 rings (SSSR count). The number of aromatic nitrogens is 1. The van der Waals surface area contributed by atoms with Crippen LogP contribution in [0, 0.1) is 24.2 Å². The monoisotopic (exact) mass is 271 g/mol. The molecule has 108 valence electrons. The summed E-state index contributed by atoms with van der Waals surface area (Å²) in [6, 6.07) is 6.71. The standard InChI is InChI=1S/C17H25N3/c1-13(2)10-11-20(16-6-4-5-7-16)17-15(12-18)9-8-14(3)19-17/h8-9,13,16H,4-7,10-11H2,1-3H3. The van der Waals surface area contributed by atoms with Crippen molar-refractivity contribution >= 4 is 5.82 Å². The number of hydrogen-bond acceptors (Lipinski definition) is 3. The van der Waals surface area contributed by atoms with E-state index in [0.29, 0.717) is 17.5 Å². The molecule has 3 nitrogen and oxygen atoms in total. The van der Waals surface area contributed by atoms with Gasteiger partial charge in [0.2, 0.25) is 0 Å². The first-order valence-electron chi connectivity index (χ1n) is 7.76. The summed E-state index contributed by atoms with van der Waals surface area (Å²) >= 11 is 0. The number of anilines is 1. The molecule has 0 radical (unpaired) electrons. The van der Waals surface area contributed by atoms with Crippen LogP contribution in [0.5, 0.6) is 0 Å². The first-order valence-corrected chi connectivity index (χ1v) is 7.76. The zero-order chi connectivity index (χ0) is 14.5. The van der Waals surface area contributed by atoms with Gasteiger partial charge in [-0.15, -0.1) is 0 Å². The van der Waals surface area contributed by atoms with Gasteiger partial charge < -0.3 is 4.90 Å². The van der Waals surface area contributed by atoms with Gasteiger partial charge in [-0.3, -0.25) is 0 Å². The lowest BCUT2D eigenvalue weighted by molar-refractivity contribution is 0.524. The molecule has 1 heterocycles. The predicted molar refractivity (Wildman–Crippen MR) is 82.7 cm³/mol. The van der Waals surface area contributed by atoms with Gasteiger partial charge in [0.1, 0.15) is 11.9 Å². The van der Waals surface area contributed by atoms with Gasteiger partial charge in [-0.05, 0) is 44.2 Å². The lowest BCUT2D eigenvalue weighted by Gasteiger charge is -2.31. The lowest BCUT2D eigenvalue weighted by atomic mass is 10.1. The minimum atomic E-state index is 0.565. The number of hydrogen-bond donors (Lipinski definition) is 0. The van der Waals surface area contributed by atoms with Gasteiger partial charge in [0.15, 0.2) is 0 Å². The van der Waals surface area contributed by atoms with E-state index in [4.69, 9.17) is 0 Å². The number of pyridine rings is 1. The summed E-state index contributed by atoms with van der Waals surface area (Å²) < 4.78 is 0. The van der Waals surface area contributed by atoms with Gasteiger partial charge in [0.25, 0.3) is 0 Å². The van der Waals surface area contributed by atoms with Gasteiger partial charge in [0, 0.05) is 18.3 Å². The third-order valence-electron chi connectivity index (χ3n) is 4.12. The van der Waals surface area contributed by atoms with E-state index < -0.39 is 0 Å². The Balaban J connectivity index is 2.29. The van der Waals surface area contributed by atoms with Crippen molar-refractivity contribution in [2.75, 3.05) is 11.4 Å². The summed E-state index contributed by atoms with van der Waals surface area (Å²) in [5.41, 5.74) is 1.71. The van der Waals surface area contributed by atoms with Crippen molar-refractivity contribution in [2.45, 2.75) is 58.9 Å². The van der Waals surface area contributed by atoms with Crippen molar-refractivity contribution in [2.24, 2.45) is 5.92 Å². The maximum atomic E-state index is 9.36. The molecule has 1 aliphatic rings. The Kier molecular flexibility index (Phi) is 5.00. The summed E-state index contributed by atoms with van der Waals surface area (Å²) in [6.07, 6.45) is 6.22. The van der Waals surface area contributed by atoms with Crippen molar-refractivity contribution < 1.29 is 0 Å². The molecule has 1 aliphatic carbocycles. The molecule has 0 N–H and O–H groups in total.